The first-order valence-corrected chi connectivity index (χ1v) is 5.45. The average molecular weight is 201 g/mol. The van der Waals surface area contributed by atoms with E-state index in [4.69, 9.17) is 0 Å². The standard InChI is InChI=1S/C12H15N3/c1-2-4-11-10(3-1)5-8-15(11)12-9-13-6-7-14-12/h1-5,8,12-14H,6-7,9H2. The number of para-hydroxylation sites is 1. The predicted molar refractivity (Wildman–Crippen MR) is 61.8 cm³/mol. The van der Waals surface area contributed by atoms with Crippen molar-refractivity contribution in [2.75, 3.05) is 19.6 Å². The summed E-state index contributed by atoms with van der Waals surface area (Å²) < 4.78 is 2.31. The minimum atomic E-state index is 0.388. The van der Waals surface area contributed by atoms with Gasteiger partial charge in [0.2, 0.25) is 0 Å². The highest BCUT2D eigenvalue weighted by atomic mass is 15.2. The molecule has 2 heterocycles. The van der Waals surface area contributed by atoms with Gasteiger partial charge in [0.05, 0.1) is 6.17 Å². The molecule has 1 atom stereocenters. The molecule has 2 N–H and O–H groups in total. The molecule has 1 aliphatic rings. The second-order valence-corrected chi connectivity index (χ2v) is 3.96. The zero-order valence-electron chi connectivity index (χ0n) is 8.61. The van der Waals surface area contributed by atoms with Crippen LogP contribution < -0.4 is 10.6 Å². The maximum Gasteiger partial charge on any atom is 0.0966 e. The fourth-order valence-electron chi connectivity index (χ4n) is 2.21. The van der Waals surface area contributed by atoms with E-state index in [1.807, 2.05) is 0 Å². The Morgan fingerprint density at radius 1 is 1.13 bits per heavy atom. The summed E-state index contributed by atoms with van der Waals surface area (Å²) in [6, 6.07) is 10.7. The lowest BCUT2D eigenvalue weighted by Gasteiger charge is -2.26. The van der Waals surface area contributed by atoms with Crippen molar-refractivity contribution >= 4 is 10.9 Å². The zero-order valence-corrected chi connectivity index (χ0v) is 8.61. The maximum absolute atomic E-state index is 3.51. The van der Waals surface area contributed by atoms with Crippen molar-refractivity contribution in [3.05, 3.63) is 36.5 Å². The van der Waals surface area contributed by atoms with Gasteiger partial charge < -0.3 is 9.88 Å². The largest absolute Gasteiger partial charge is 0.330 e. The van der Waals surface area contributed by atoms with Crippen LogP contribution in [0, 0.1) is 0 Å². The number of nitrogens with zero attached hydrogens (tertiary/aromatic N) is 1. The van der Waals surface area contributed by atoms with Crippen LogP contribution in [0.2, 0.25) is 0 Å². The Morgan fingerprint density at radius 2 is 2.07 bits per heavy atom. The molecule has 15 heavy (non-hydrogen) atoms. The Balaban J connectivity index is 2.02. The monoisotopic (exact) mass is 201 g/mol. The third-order valence-corrected chi connectivity index (χ3v) is 2.98. The van der Waals surface area contributed by atoms with Gasteiger partial charge in [0.15, 0.2) is 0 Å². The van der Waals surface area contributed by atoms with E-state index in [0.717, 1.165) is 19.6 Å². The third-order valence-electron chi connectivity index (χ3n) is 2.98. The molecule has 0 bridgehead atoms. The van der Waals surface area contributed by atoms with Crippen LogP contribution in [0.5, 0.6) is 0 Å². The minimum Gasteiger partial charge on any atom is -0.330 e. The molecule has 1 aromatic carbocycles. The maximum atomic E-state index is 3.51. The Labute approximate surface area is 89.1 Å². The summed E-state index contributed by atoms with van der Waals surface area (Å²) in [7, 11) is 0. The normalized spacial score (nSPS) is 22.0. The van der Waals surface area contributed by atoms with Crippen molar-refractivity contribution in [1.29, 1.82) is 0 Å². The highest BCUT2D eigenvalue weighted by Crippen LogP contribution is 2.18. The number of hydrogen-bond donors (Lipinski definition) is 2. The molecule has 1 aromatic heterocycles. The van der Waals surface area contributed by atoms with Gasteiger partial charge in [0.25, 0.3) is 0 Å². The molecule has 1 saturated heterocycles. The lowest BCUT2D eigenvalue weighted by Crippen LogP contribution is -2.45. The summed E-state index contributed by atoms with van der Waals surface area (Å²) in [5, 5.41) is 8.23. The number of piperazine rings is 1. The lowest BCUT2D eigenvalue weighted by molar-refractivity contribution is 0.346. The van der Waals surface area contributed by atoms with Crippen LogP contribution >= 0.6 is 0 Å². The third kappa shape index (κ3) is 1.54. The van der Waals surface area contributed by atoms with Gasteiger partial charge in [0.1, 0.15) is 0 Å². The van der Waals surface area contributed by atoms with Crippen molar-refractivity contribution in [3.63, 3.8) is 0 Å². The van der Waals surface area contributed by atoms with Gasteiger partial charge in [-0.3, -0.25) is 5.32 Å². The molecule has 3 heteroatoms. The van der Waals surface area contributed by atoms with Gasteiger partial charge in [-0.25, -0.2) is 0 Å². The highest BCUT2D eigenvalue weighted by Gasteiger charge is 2.14. The van der Waals surface area contributed by atoms with E-state index in [-0.39, 0.29) is 0 Å². The van der Waals surface area contributed by atoms with Crippen molar-refractivity contribution in [3.8, 4) is 0 Å². The molecule has 3 nitrogen and oxygen atoms in total. The van der Waals surface area contributed by atoms with Crippen LogP contribution in [0.3, 0.4) is 0 Å². The van der Waals surface area contributed by atoms with Crippen molar-refractivity contribution < 1.29 is 0 Å². The minimum absolute atomic E-state index is 0.388. The summed E-state index contributed by atoms with van der Waals surface area (Å²) in [6.45, 7) is 3.10. The van der Waals surface area contributed by atoms with E-state index in [1.54, 1.807) is 0 Å². The van der Waals surface area contributed by atoms with Crippen molar-refractivity contribution in [2.45, 2.75) is 6.17 Å². The quantitative estimate of drug-likeness (QED) is 0.729. The van der Waals surface area contributed by atoms with Gasteiger partial charge in [-0.1, -0.05) is 18.2 Å². The van der Waals surface area contributed by atoms with E-state index >= 15 is 0 Å². The van der Waals surface area contributed by atoms with Crippen LogP contribution in [0.1, 0.15) is 6.17 Å². The van der Waals surface area contributed by atoms with Crippen LogP contribution in [-0.2, 0) is 0 Å². The van der Waals surface area contributed by atoms with Gasteiger partial charge in [0, 0.05) is 31.3 Å². The van der Waals surface area contributed by atoms with Crippen LogP contribution in [0.4, 0.5) is 0 Å². The van der Waals surface area contributed by atoms with Crippen LogP contribution in [0.25, 0.3) is 10.9 Å². The Morgan fingerprint density at radius 3 is 2.93 bits per heavy atom. The number of aromatic nitrogens is 1. The fraction of sp³-hybridized carbons (Fsp3) is 0.333. The molecule has 0 amide bonds. The van der Waals surface area contributed by atoms with E-state index < -0.39 is 0 Å². The summed E-state index contributed by atoms with van der Waals surface area (Å²) in [4.78, 5) is 0. The Hall–Kier alpha value is -1.32. The van der Waals surface area contributed by atoms with E-state index in [0.29, 0.717) is 6.17 Å². The topological polar surface area (TPSA) is 29.0 Å². The Kier molecular flexibility index (Phi) is 2.19. The number of fused-ring (bicyclic) bond motifs is 1. The second kappa shape index (κ2) is 3.68. The van der Waals surface area contributed by atoms with E-state index in [1.165, 1.54) is 10.9 Å². The van der Waals surface area contributed by atoms with Crippen LogP contribution in [0.15, 0.2) is 36.5 Å². The molecule has 0 aliphatic carbocycles. The molecule has 2 aromatic rings. The summed E-state index contributed by atoms with van der Waals surface area (Å²) >= 11 is 0. The van der Waals surface area contributed by atoms with Gasteiger partial charge in [-0.2, -0.15) is 0 Å². The van der Waals surface area contributed by atoms with Crippen molar-refractivity contribution in [1.82, 2.24) is 15.2 Å². The predicted octanol–water partition coefficient (Wildman–Crippen LogP) is 1.33. The fourth-order valence-corrected chi connectivity index (χ4v) is 2.21. The second-order valence-electron chi connectivity index (χ2n) is 3.96. The smallest absolute Gasteiger partial charge is 0.0966 e. The number of benzene rings is 1. The average Bonchev–Trinajstić information content (AvgIpc) is 2.74. The molecule has 3 rings (SSSR count). The Bertz CT molecular complexity index is 455. The molecule has 0 radical (unpaired) electrons. The summed E-state index contributed by atoms with van der Waals surface area (Å²) in [5.74, 6) is 0. The van der Waals surface area contributed by atoms with E-state index in [9.17, 15) is 0 Å². The number of hydrogen-bond acceptors (Lipinski definition) is 2. The van der Waals surface area contributed by atoms with Gasteiger partial charge in [-0.15, -0.1) is 0 Å². The molecule has 78 valence electrons. The van der Waals surface area contributed by atoms with Gasteiger partial charge in [-0.05, 0) is 17.5 Å². The number of rotatable bonds is 1. The molecular formula is C12H15N3. The van der Waals surface area contributed by atoms with Crippen molar-refractivity contribution in [2.24, 2.45) is 0 Å². The molecule has 1 unspecified atom stereocenters. The zero-order chi connectivity index (χ0) is 10.1. The van der Waals surface area contributed by atoms with E-state index in [2.05, 4.69) is 51.7 Å². The molecule has 1 fully saturated rings. The first-order valence-electron chi connectivity index (χ1n) is 5.45. The molecular weight excluding hydrogens is 186 g/mol. The first-order chi connectivity index (χ1) is 7.45. The highest BCUT2D eigenvalue weighted by molar-refractivity contribution is 5.80. The molecule has 0 spiro atoms. The lowest BCUT2D eigenvalue weighted by atomic mass is 10.2. The van der Waals surface area contributed by atoms with Gasteiger partial charge >= 0.3 is 0 Å². The SMILES string of the molecule is c1ccc2c(c1)ccn2C1CNCCN1. The molecule has 1 aliphatic heterocycles. The first kappa shape index (κ1) is 8.95. The molecule has 0 saturated carbocycles. The van der Waals surface area contributed by atoms with Crippen LogP contribution in [-0.4, -0.2) is 24.2 Å². The summed E-state index contributed by atoms with van der Waals surface area (Å²) in [5.41, 5.74) is 1.30. The summed E-state index contributed by atoms with van der Waals surface area (Å²) in [6.07, 6.45) is 2.55. The number of nitrogens with one attached hydrogen (secondary N) is 2.